The lowest BCUT2D eigenvalue weighted by molar-refractivity contribution is -0.594. The number of H-pyrrole nitrogens is 1. The van der Waals surface area contributed by atoms with Crippen LogP contribution in [0.3, 0.4) is 0 Å². The Morgan fingerprint density at radius 3 is 2.57 bits per heavy atom. The minimum absolute atomic E-state index is 0.0391. The van der Waals surface area contributed by atoms with Crippen molar-refractivity contribution < 1.29 is 9.67 Å². The maximum Gasteiger partial charge on any atom is 0.247 e. The molecule has 0 aliphatic heterocycles. The van der Waals surface area contributed by atoms with Gasteiger partial charge in [0.25, 0.3) is 0 Å². The van der Waals surface area contributed by atoms with Gasteiger partial charge in [-0.15, -0.1) is 0 Å². The van der Waals surface area contributed by atoms with Crippen LogP contribution in [0, 0.1) is 3.57 Å². The molecule has 0 unspecified atom stereocenters. The van der Waals surface area contributed by atoms with Crippen LogP contribution in [0.15, 0.2) is 36.8 Å². The number of nitrogens with zero attached hydrogens (tertiary/aromatic N) is 1. The molecule has 0 fully saturated rings. The quantitative estimate of drug-likeness (QED) is 0.638. The third-order valence-corrected chi connectivity index (χ3v) is 2.70. The number of nitrogens with one attached hydrogen (secondary N) is 1. The van der Waals surface area contributed by atoms with E-state index in [1.165, 1.54) is 3.57 Å². The molecule has 4 heteroatoms. The summed E-state index contributed by atoms with van der Waals surface area (Å²) in [7, 11) is 0. The van der Waals surface area contributed by atoms with Gasteiger partial charge in [0, 0.05) is 3.57 Å². The average Bonchev–Trinajstić information content (AvgIpc) is 2.67. The van der Waals surface area contributed by atoms with E-state index in [1.807, 2.05) is 29.2 Å². The van der Waals surface area contributed by atoms with Gasteiger partial charge in [0.15, 0.2) is 5.69 Å². The zero-order valence-corrected chi connectivity index (χ0v) is 9.60. The molecule has 0 saturated carbocycles. The number of aromatic nitrogens is 2. The van der Waals surface area contributed by atoms with Crippen molar-refractivity contribution in [2.75, 3.05) is 0 Å². The summed E-state index contributed by atoms with van der Waals surface area (Å²) in [6.07, 6.45) is 3.70. The van der Waals surface area contributed by atoms with E-state index in [-0.39, 0.29) is 6.61 Å². The Kier molecular flexibility index (Phi) is 2.83. The summed E-state index contributed by atoms with van der Waals surface area (Å²) in [6, 6.07) is 8.18. The number of halogens is 1. The molecule has 14 heavy (non-hydrogen) atoms. The second-order valence-corrected chi connectivity index (χ2v) is 4.22. The lowest BCUT2D eigenvalue weighted by Crippen LogP contribution is -2.26. The van der Waals surface area contributed by atoms with E-state index in [0.717, 1.165) is 11.4 Å². The van der Waals surface area contributed by atoms with Crippen LogP contribution >= 0.6 is 22.6 Å². The highest BCUT2D eigenvalue weighted by molar-refractivity contribution is 14.1. The maximum atomic E-state index is 8.90. The number of rotatable bonds is 2. The maximum absolute atomic E-state index is 8.90. The molecular weight excluding hydrogens is 291 g/mol. The van der Waals surface area contributed by atoms with Crippen molar-refractivity contribution in [2.45, 2.75) is 6.61 Å². The van der Waals surface area contributed by atoms with Gasteiger partial charge in [-0.3, -0.25) is 0 Å². The molecule has 0 spiro atoms. The van der Waals surface area contributed by atoms with Gasteiger partial charge in [0.2, 0.25) is 6.33 Å². The van der Waals surface area contributed by atoms with Crippen LogP contribution in [0.25, 0.3) is 5.69 Å². The first-order valence-electron chi connectivity index (χ1n) is 4.25. The molecule has 0 atom stereocenters. The summed E-state index contributed by atoms with van der Waals surface area (Å²) in [5, 5.41) is 8.90. The molecule has 0 radical (unpaired) electrons. The lowest BCUT2D eigenvalue weighted by Gasteiger charge is -1.94. The summed E-state index contributed by atoms with van der Waals surface area (Å²) >= 11 is 2.27. The number of aliphatic hydroxyl groups is 1. The van der Waals surface area contributed by atoms with Crippen molar-refractivity contribution >= 4 is 22.6 Å². The van der Waals surface area contributed by atoms with Gasteiger partial charge in [-0.2, -0.15) is 0 Å². The van der Waals surface area contributed by atoms with Gasteiger partial charge in [0.05, 0.1) is 0 Å². The molecule has 0 bridgehead atoms. The molecule has 72 valence electrons. The fourth-order valence-corrected chi connectivity index (χ4v) is 1.60. The highest BCUT2D eigenvalue weighted by atomic mass is 127. The van der Waals surface area contributed by atoms with Crippen molar-refractivity contribution in [3.05, 3.63) is 46.1 Å². The molecule has 2 aromatic rings. The molecule has 1 aromatic heterocycles. The minimum atomic E-state index is 0.0391. The number of hydrogen-bond acceptors (Lipinski definition) is 1. The first-order chi connectivity index (χ1) is 6.79. The molecule has 0 aliphatic carbocycles. The highest BCUT2D eigenvalue weighted by Crippen LogP contribution is 2.06. The first-order valence-corrected chi connectivity index (χ1v) is 5.33. The van der Waals surface area contributed by atoms with Gasteiger partial charge >= 0.3 is 0 Å². The second kappa shape index (κ2) is 4.10. The molecule has 2 rings (SSSR count). The van der Waals surface area contributed by atoms with Crippen LogP contribution in [0.1, 0.15) is 5.69 Å². The van der Waals surface area contributed by atoms with E-state index < -0.39 is 0 Å². The van der Waals surface area contributed by atoms with E-state index in [1.54, 1.807) is 0 Å². The molecule has 0 saturated heterocycles. The van der Waals surface area contributed by atoms with Crippen molar-refractivity contribution in [3.8, 4) is 5.69 Å². The van der Waals surface area contributed by atoms with Crippen molar-refractivity contribution in [1.29, 1.82) is 0 Å². The van der Waals surface area contributed by atoms with Crippen LogP contribution in [0.5, 0.6) is 0 Å². The predicted molar refractivity (Wildman–Crippen MR) is 61.0 cm³/mol. The summed E-state index contributed by atoms with van der Waals surface area (Å²) in [4.78, 5) is 2.98. The Morgan fingerprint density at radius 1 is 1.29 bits per heavy atom. The average molecular weight is 301 g/mol. The van der Waals surface area contributed by atoms with Crippen LogP contribution in [-0.4, -0.2) is 10.1 Å². The van der Waals surface area contributed by atoms with Crippen molar-refractivity contribution in [2.24, 2.45) is 0 Å². The molecule has 1 aromatic carbocycles. The zero-order chi connectivity index (χ0) is 9.97. The van der Waals surface area contributed by atoms with E-state index >= 15 is 0 Å². The SMILES string of the molecule is OCc1c[n+](-c2ccc(I)cc2)c[nH]1. The number of benzene rings is 1. The Balaban J connectivity index is 2.34. The molecule has 1 heterocycles. The fourth-order valence-electron chi connectivity index (χ4n) is 1.24. The van der Waals surface area contributed by atoms with E-state index in [9.17, 15) is 0 Å². The number of aromatic amines is 1. The Hall–Kier alpha value is -0.880. The third kappa shape index (κ3) is 1.96. The molecule has 0 aliphatic rings. The predicted octanol–water partition coefficient (Wildman–Crippen LogP) is 1.39. The second-order valence-electron chi connectivity index (χ2n) is 2.97. The number of aliphatic hydroxyl groups excluding tert-OH is 1. The van der Waals surface area contributed by atoms with Crippen molar-refractivity contribution in [3.63, 3.8) is 0 Å². The zero-order valence-electron chi connectivity index (χ0n) is 7.44. The van der Waals surface area contributed by atoms with E-state index in [2.05, 4.69) is 39.7 Å². The summed E-state index contributed by atoms with van der Waals surface area (Å²) in [5.41, 5.74) is 1.89. The lowest BCUT2D eigenvalue weighted by atomic mass is 10.3. The fraction of sp³-hybridized carbons (Fsp3) is 0.100. The summed E-state index contributed by atoms with van der Waals surface area (Å²) in [6.45, 7) is 0.0391. The normalized spacial score (nSPS) is 10.4. The van der Waals surface area contributed by atoms with E-state index in [0.29, 0.717) is 0 Å². The third-order valence-electron chi connectivity index (χ3n) is 1.98. The monoisotopic (exact) mass is 301 g/mol. The van der Waals surface area contributed by atoms with Gasteiger partial charge in [0.1, 0.15) is 18.5 Å². The standard InChI is InChI=1S/C10H9IN2O/c11-8-1-3-10(4-2-8)13-5-9(6-14)12-7-13/h1-5,7,14H,6H2/p+1. The Morgan fingerprint density at radius 2 is 2.00 bits per heavy atom. The largest absolute Gasteiger partial charge is 0.388 e. The smallest absolute Gasteiger partial charge is 0.247 e. The topological polar surface area (TPSA) is 39.9 Å². The number of imidazole rings is 1. The van der Waals surface area contributed by atoms with Crippen LogP contribution in [0.4, 0.5) is 0 Å². The Labute approximate surface area is 95.5 Å². The number of hydrogen-bond donors (Lipinski definition) is 2. The molecular formula is C10H10IN2O+. The van der Waals surface area contributed by atoms with E-state index in [4.69, 9.17) is 5.11 Å². The Bertz CT molecular complexity index is 422. The van der Waals surface area contributed by atoms with Crippen LogP contribution in [-0.2, 0) is 6.61 Å². The first kappa shape index (κ1) is 9.67. The summed E-state index contributed by atoms with van der Waals surface area (Å²) < 4.78 is 3.16. The molecule has 2 N–H and O–H groups in total. The molecule has 0 amide bonds. The summed E-state index contributed by atoms with van der Waals surface area (Å²) in [5.74, 6) is 0. The van der Waals surface area contributed by atoms with Gasteiger partial charge < -0.3 is 5.11 Å². The molecule has 3 nitrogen and oxygen atoms in total. The van der Waals surface area contributed by atoms with Gasteiger partial charge in [-0.25, -0.2) is 9.55 Å². The minimum Gasteiger partial charge on any atom is -0.388 e. The highest BCUT2D eigenvalue weighted by Gasteiger charge is 2.05. The van der Waals surface area contributed by atoms with Crippen LogP contribution < -0.4 is 4.57 Å². The van der Waals surface area contributed by atoms with Crippen LogP contribution in [0.2, 0.25) is 0 Å². The van der Waals surface area contributed by atoms with Gasteiger partial charge in [-0.05, 0) is 46.9 Å². The van der Waals surface area contributed by atoms with Gasteiger partial charge in [-0.1, -0.05) is 0 Å². The van der Waals surface area contributed by atoms with Crippen molar-refractivity contribution in [1.82, 2.24) is 4.98 Å².